The van der Waals surface area contributed by atoms with Gasteiger partial charge in [0.2, 0.25) is 0 Å². The lowest BCUT2D eigenvalue weighted by Gasteiger charge is -2.15. The van der Waals surface area contributed by atoms with Gasteiger partial charge in [0.05, 0.1) is 29.4 Å². The van der Waals surface area contributed by atoms with E-state index in [4.69, 9.17) is 22.0 Å². The Kier molecular flexibility index (Phi) is 6.60. The number of nitrogens with one attached hydrogen (secondary N) is 2. The monoisotopic (exact) mass is 320 g/mol. The van der Waals surface area contributed by atoms with E-state index in [0.717, 1.165) is 24.2 Å². The van der Waals surface area contributed by atoms with Crippen molar-refractivity contribution in [2.75, 3.05) is 42.8 Å². The van der Waals surface area contributed by atoms with Crippen LogP contribution in [-0.4, -0.2) is 41.1 Å². The van der Waals surface area contributed by atoms with Crippen LogP contribution in [0, 0.1) is 0 Å². The Hall–Kier alpha value is -2.36. The van der Waals surface area contributed by atoms with Crippen molar-refractivity contribution < 1.29 is 4.74 Å². The predicted molar refractivity (Wildman–Crippen MR) is 91.2 cm³/mol. The maximum absolute atomic E-state index is 6.10. The highest BCUT2D eigenvalue weighted by Gasteiger charge is 2.08. The van der Waals surface area contributed by atoms with Gasteiger partial charge in [-0.05, 0) is 31.5 Å². The van der Waals surface area contributed by atoms with Crippen LogP contribution in [-0.2, 0) is 4.74 Å². The molecular weight excluding hydrogens is 296 g/mol. The number of hydrogen-bond donors (Lipinski definition) is 5. The molecule has 8 N–H and O–H groups in total. The fourth-order valence-electron chi connectivity index (χ4n) is 2.10. The summed E-state index contributed by atoms with van der Waals surface area (Å²) in [5.41, 5.74) is 16.9. The SMILES string of the molecule is NCCCCOCCNc1cc(-n2cnnc2)cc(NN)c1N. The van der Waals surface area contributed by atoms with E-state index in [1.807, 2.05) is 12.1 Å². The molecule has 0 spiro atoms. The molecule has 0 bridgehead atoms. The van der Waals surface area contributed by atoms with Crippen molar-refractivity contribution in [2.45, 2.75) is 12.8 Å². The van der Waals surface area contributed by atoms with Crippen molar-refractivity contribution in [3.63, 3.8) is 0 Å². The average Bonchev–Trinajstić information content (AvgIpc) is 3.10. The molecule has 0 aliphatic carbocycles. The van der Waals surface area contributed by atoms with E-state index in [9.17, 15) is 0 Å². The van der Waals surface area contributed by atoms with Crippen LogP contribution in [0.4, 0.5) is 17.1 Å². The molecule has 1 heterocycles. The number of aromatic nitrogens is 3. The van der Waals surface area contributed by atoms with E-state index in [-0.39, 0.29) is 0 Å². The van der Waals surface area contributed by atoms with Gasteiger partial charge in [0.15, 0.2) is 0 Å². The molecule has 2 aromatic rings. The van der Waals surface area contributed by atoms with Gasteiger partial charge in [0.1, 0.15) is 12.7 Å². The minimum absolute atomic E-state index is 0.549. The normalized spacial score (nSPS) is 10.7. The number of benzene rings is 1. The average molecular weight is 320 g/mol. The maximum Gasteiger partial charge on any atom is 0.123 e. The number of hydrazine groups is 1. The number of ether oxygens (including phenoxy) is 1. The Morgan fingerprint density at radius 3 is 2.52 bits per heavy atom. The van der Waals surface area contributed by atoms with E-state index in [2.05, 4.69) is 20.9 Å². The minimum Gasteiger partial charge on any atom is -0.395 e. The lowest BCUT2D eigenvalue weighted by molar-refractivity contribution is 0.140. The molecule has 0 atom stereocenters. The quantitative estimate of drug-likeness (QED) is 0.182. The molecule has 126 valence electrons. The lowest BCUT2D eigenvalue weighted by Crippen LogP contribution is -2.15. The zero-order chi connectivity index (χ0) is 16.5. The standard InChI is InChI=1S/C14H24N8O/c15-3-1-2-5-23-6-4-18-12-7-11(22-9-19-20-10-22)8-13(21-17)14(12)16/h7-10,18,21H,1-6,15-17H2. The molecule has 9 heteroatoms. The summed E-state index contributed by atoms with van der Waals surface area (Å²) >= 11 is 0. The number of rotatable bonds is 10. The molecule has 1 aromatic heterocycles. The molecule has 0 unspecified atom stereocenters. The van der Waals surface area contributed by atoms with Gasteiger partial charge in [0.25, 0.3) is 0 Å². The van der Waals surface area contributed by atoms with Gasteiger partial charge in [-0.15, -0.1) is 10.2 Å². The summed E-state index contributed by atoms with van der Waals surface area (Å²) in [6, 6.07) is 3.74. The number of hydrogen-bond acceptors (Lipinski definition) is 8. The lowest BCUT2D eigenvalue weighted by atomic mass is 10.2. The molecule has 0 saturated carbocycles. The zero-order valence-electron chi connectivity index (χ0n) is 13.0. The minimum atomic E-state index is 0.549. The van der Waals surface area contributed by atoms with Crippen LogP contribution in [0.3, 0.4) is 0 Å². The molecular formula is C14H24N8O. The first-order valence-electron chi connectivity index (χ1n) is 7.53. The number of nitrogen functional groups attached to an aromatic ring is 2. The molecule has 2 rings (SSSR count). The molecule has 0 fully saturated rings. The van der Waals surface area contributed by atoms with Gasteiger partial charge in [-0.1, -0.05) is 0 Å². The largest absolute Gasteiger partial charge is 0.395 e. The molecule has 0 saturated heterocycles. The van der Waals surface area contributed by atoms with Gasteiger partial charge in [0, 0.05) is 13.2 Å². The summed E-state index contributed by atoms with van der Waals surface area (Å²) < 4.78 is 7.30. The zero-order valence-corrected chi connectivity index (χ0v) is 13.0. The van der Waals surface area contributed by atoms with Crippen LogP contribution in [0.2, 0.25) is 0 Å². The molecule has 0 amide bonds. The fourth-order valence-corrected chi connectivity index (χ4v) is 2.10. The predicted octanol–water partition coefficient (Wildman–Crippen LogP) is 0.303. The summed E-state index contributed by atoms with van der Waals surface area (Å²) in [5.74, 6) is 5.53. The highest BCUT2D eigenvalue weighted by molar-refractivity contribution is 5.82. The summed E-state index contributed by atoms with van der Waals surface area (Å²) in [4.78, 5) is 0. The third-order valence-electron chi connectivity index (χ3n) is 3.34. The molecule has 1 aromatic carbocycles. The number of unbranched alkanes of at least 4 members (excludes halogenated alkanes) is 1. The van der Waals surface area contributed by atoms with Gasteiger partial charge in [-0.3, -0.25) is 10.4 Å². The van der Waals surface area contributed by atoms with Crippen molar-refractivity contribution in [1.82, 2.24) is 14.8 Å². The Morgan fingerprint density at radius 1 is 1.09 bits per heavy atom. The van der Waals surface area contributed by atoms with Gasteiger partial charge >= 0.3 is 0 Å². The fraction of sp³-hybridized carbons (Fsp3) is 0.429. The van der Waals surface area contributed by atoms with Crippen LogP contribution < -0.4 is 28.1 Å². The number of nitrogens with zero attached hydrogens (tertiary/aromatic N) is 3. The van der Waals surface area contributed by atoms with Gasteiger partial charge in [-0.25, -0.2) is 0 Å². The first-order valence-corrected chi connectivity index (χ1v) is 7.53. The van der Waals surface area contributed by atoms with Crippen LogP contribution in [0.15, 0.2) is 24.8 Å². The van der Waals surface area contributed by atoms with Crippen molar-refractivity contribution in [1.29, 1.82) is 0 Å². The summed E-state index contributed by atoms with van der Waals surface area (Å²) in [7, 11) is 0. The van der Waals surface area contributed by atoms with E-state index < -0.39 is 0 Å². The smallest absolute Gasteiger partial charge is 0.123 e. The summed E-state index contributed by atoms with van der Waals surface area (Å²) in [6.07, 6.45) is 5.17. The van der Waals surface area contributed by atoms with E-state index >= 15 is 0 Å². The Bertz CT molecular complexity index is 587. The first kappa shape index (κ1) is 17.0. The maximum atomic E-state index is 6.10. The summed E-state index contributed by atoms with van der Waals surface area (Å²) in [5, 5.41) is 10.9. The van der Waals surface area contributed by atoms with Crippen LogP contribution >= 0.6 is 0 Å². The molecule has 0 aliphatic heterocycles. The van der Waals surface area contributed by atoms with E-state index in [0.29, 0.717) is 37.7 Å². The topological polar surface area (TPSA) is 142 Å². The number of nitrogens with two attached hydrogens (primary N) is 3. The van der Waals surface area contributed by atoms with Crippen molar-refractivity contribution in [2.24, 2.45) is 11.6 Å². The molecule has 0 radical (unpaired) electrons. The van der Waals surface area contributed by atoms with Crippen LogP contribution in [0.25, 0.3) is 5.69 Å². The van der Waals surface area contributed by atoms with Gasteiger partial charge < -0.3 is 26.9 Å². The van der Waals surface area contributed by atoms with Crippen LogP contribution in [0.1, 0.15) is 12.8 Å². The second kappa shape index (κ2) is 8.93. The molecule has 9 nitrogen and oxygen atoms in total. The Labute approximate surface area is 135 Å². The third-order valence-corrected chi connectivity index (χ3v) is 3.34. The second-order valence-corrected chi connectivity index (χ2v) is 5.00. The second-order valence-electron chi connectivity index (χ2n) is 5.00. The number of anilines is 3. The van der Waals surface area contributed by atoms with E-state index in [1.165, 1.54) is 0 Å². The Balaban J connectivity index is 1.96. The van der Waals surface area contributed by atoms with Crippen molar-refractivity contribution in [3.05, 3.63) is 24.8 Å². The van der Waals surface area contributed by atoms with Crippen molar-refractivity contribution >= 4 is 17.1 Å². The van der Waals surface area contributed by atoms with E-state index in [1.54, 1.807) is 17.2 Å². The molecule has 0 aliphatic rings. The van der Waals surface area contributed by atoms with Gasteiger partial charge in [-0.2, -0.15) is 0 Å². The highest BCUT2D eigenvalue weighted by Crippen LogP contribution is 2.30. The first-order chi connectivity index (χ1) is 11.3. The third kappa shape index (κ3) is 4.81. The van der Waals surface area contributed by atoms with Crippen LogP contribution in [0.5, 0.6) is 0 Å². The summed E-state index contributed by atoms with van der Waals surface area (Å²) in [6.45, 7) is 2.64. The highest BCUT2D eigenvalue weighted by atomic mass is 16.5. The Morgan fingerprint density at radius 2 is 1.83 bits per heavy atom. The van der Waals surface area contributed by atoms with Crippen molar-refractivity contribution in [3.8, 4) is 5.69 Å². The molecule has 23 heavy (non-hydrogen) atoms.